The number of carbonyl (C=O) groups excluding carboxylic acids is 1. The summed E-state index contributed by atoms with van der Waals surface area (Å²) in [5.41, 5.74) is 1.43. The van der Waals surface area contributed by atoms with Crippen LogP contribution in [0.1, 0.15) is 15.9 Å². The Morgan fingerprint density at radius 1 is 0.931 bits per heavy atom. The van der Waals surface area contributed by atoms with Gasteiger partial charge in [0.2, 0.25) is 0 Å². The smallest absolute Gasteiger partial charge is 0.257 e. The van der Waals surface area contributed by atoms with Crippen LogP contribution >= 0.6 is 12.2 Å². The molecule has 148 valence electrons. The summed E-state index contributed by atoms with van der Waals surface area (Å²) in [6.07, 6.45) is 3.44. The predicted molar refractivity (Wildman–Crippen MR) is 115 cm³/mol. The number of thiocarbonyl (C=S) groups is 1. The number of carbonyl (C=O) groups is 1. The van der Waals surface area contributed by atoms with Crippen molar-refractivity contribution in [2.45, 2.75) is 6.54 Å². The Bertz CT molecular complexity index is 936. The van der Waals surface area contributed by atoms with Crippen molar-refractivity contribution in [1.29, 1.82) is 0 Å². The average molecular weight is 407 g/mol. The van der Waals surface area contributed by atoms with E-state index < -0.39 is 0 Å². The molecule has 3 rings (SSSR count). The van der Waals surface area contributed by atoms with Crippen LogP contribution in [0.2, 0.25) is 0 Å². The highest BCUT2D eigenvalue weighted by atomic mass is 32.1. The Kier molecular flexibility index (Phi) is 7.54. The first-order valence-corrected chi connectivity index (χ1v) is 9.50. The van der Waals surface area contributed by atoms with Crippen molar-refractivity contribution >= 4 is 23.2 Å². The Labute approximate surface area is 174 Å². The maximum absolute atomic E-state index is 12.4. The van der Waals surface area contributed by atoms with Crippen LogP contribution in [0.15, 0.2) is 79.1 Å². The molecular weight excluding hydrogens is 386 g/mol. The van der Waals surface area contributed by atoms with Gasteiger partial charge in [0.25, 0.3) is 5.91 Å². The summed E-state index contributed by atoms with van der Waals surface area (Å²) in [6, 6.07) is 20.2. The molecule has 29 heavy (non-hydrogen) atoms. The van der Waals surface area contributed by atoms with Crippen molar-refractivity contribution in [3.05, 3.63) is 90.3 Å². The topological polar surface area (TPSA) is 72.5 Å². The third kappa shape index (κ3) is 6.90. The van der Waals surface area contributed by atoms with E-state index in [-0.39, 0.29) is 11.0 Å². The van der Waals surface area contributed by atoms with Crippen LogP contribution in [0.5, 0.6) is 11.5 Å². The predicted octanol–water partition coefficient (Wildman–Crippen LogP) is 3.34. The molecule has 0 aliphatic carbocycles. The van der Waals surface area contributed by atoms with E-state index in [0.29, 0.717) is 31.1 Å². The van der Waals surface area contributed by atoms with Gasteiger partial charge in [0.05, 0.1) is 0 Å². The van der Waals surface area contributed by atoms with E-state index in [2.05, 4.69) is 15.6 Å². The lowest BCUT2D eigenvalue weighted by Gasteiger charge is -2.11. The first-order chi connectivity index (χ1) is 14.2. The fourth-order valence-electron chi connectivity index (χ4n) is 2.47. The number of hydrogen-bond donors (Lipinski definition) is 2. The zero-order valence-electron chi connectivity index (χ0n) is 15.7. The Hall–Kier alpha value is -3.45. The van der Waals surface area contributed by atoms with E-state index in [0.717, 1.165) is 11.3 Å². The lowest BCUT2D eigenvalue weighted by molar-refractivity contribution is 0.0976. The van der Waals surface area contributed by atoms with Gasteiger partial charge >= 0.3 is 0 Å². The summed E-state index contributed by atoms with van der Waals surface area (Å²) in [7, 11) is 0. The minimum absolute atomic E-state index is 0.251. The van der Waals surface area contributed by atoms with E-state index in [1.54, 1.807) is 36.7 Å². The van der Waals surface area contributed by atoms with Gasteiger partial charge in [0, 0.05) is 24.5 Å². The number of amides is 1. The molecule has 0 spiro atoms. The highest BCUT2D eigenvalue weighted by molar-refractivity contribution is 7.80. The normalized spacial score (nSPS) is 10.1. The number of para-hydroxylation sites is 1. The molecule has 0 fully saturated rings. The Morgan fingerprint density at radius 3 is 2.45 bits per heavy atom. The highest BCUT2D eigenvalue weighted by Crippen LogP contribution is 2.14. The molecule has 0 saturated heterocycles. The standard InChI is InChI=1S/C22H21N3O3S/c26-21(25-22(29)24-16-17-6-5-11-23-15-17)18-7-4-10-20(14-18)28-13-12-27-19-8-2-1-3-9-19/h1-11,14-15H,12-13,16H2,(H2,24,25,26,29). The third-order valence-electron chi connectivity index (χ3n) is 3.86. The first kappa shape index (κ1) is 20.3. The van der Waals surface area contributed by atoms with Crippen LogP contribution in [0.25, 0.3) is 0 Å². The largest absolute Gasteiger partial charge is 0.490 e. The molecule has 1 amide bonds. The average Bonchev–Trinajstić information content (AvgIpc) is 2.77. The second-order valence-electron chi connectivity index (χ2n) is 6.04. The number of pyridine rings is 1. The number of benzene rings is 2. The SMILES string of the molecule is O=C(NC(=S)NCc1cccnc1)c1cccc(OCCOc2ccccc2)c1. The molecule has 0 aliphatic rings. The lowest BCUT2D eigenvalue weighted by atomic mass is 10.2. The number of hydrogen-bond acceptors (Lipinski definition) is 5. The van der Waals surface area contributed by atoms with Gasteiger partial charge in [0.15, 0.2) is 5.11 Å². The Morgan fingerprint density at radius 2 is 1.69 bits per heavy atom. The molecule has 0 unspecified atom stereocenters. The van der Waals surface area contributed by atoms with Crippen molar-refractivity contribution in [3.8, 4) is 11.5 Å². The zero-order valence-corrected chi connectivity index (χ0v) is 16.5. The summed E-state index contributed by atoms with van der Waals surface area (Å²) in [5.74, 6) is 1.07. The summed E-state index contributed by atoms with van der Waals surface area (Å²) in [4.78, 5) is 16.4. The maximum Gasteiger partial charge on any atom is 0.257 e. The number of rotatable bonds is 8. The number of aromatic nitrogens is 1. The lowest BCUT2D eigenvalue weighted by Crippen LogP contribution is -2.38. The van der Waals surface area contributed by atoms with E-state index in [9.17, 15) is 4.79 Å². The number of ether oxygens (including phenoxy) is 2. The van der Waals surface area contributed by atoms with Gasteiger partial charge in [-0.25, -0.2) is 0 Å². The van der Waals surface area contributed by atoms with Gasteiger partial charge in [0.1, 0.15) is 24.7 Å². The van der Waals surface area contributed by atoms with Gasteiger partial charge in [-0.05, 0) is 54.2 Å². The second kappa shape index (κ2) is 10.8. The molecule has 1 aromatic heterocycles. The van der Waals surface area contributed by atoms with Crippen molar-refractivity contribution in [1.82, 2.24) is 15.6 Å². The monoisotopic (exact) mass is 407 g/mol. The zero-order chi connectivity index (χ0) is 20.3. The van der Waals surface area contributed by atoms with E-state index in [1.807, 2.05) is 42.5 Å². The summed E-state index contributed by atoms with van der Waals surface area (Å²) in [6.45, 7) is 1.26. The van der Waals surface area contributed by atoms with Crippen molar-refractivity contribution in [3.63, 3.8) is 0 Å². The molecule has 0 aliphatic heterocycles. The van der Waals surface area contributed by atoms with Gasteiger partial charge in [-0.3, -0.25) is 15.1 Å². The van der Waals surface area contributed by atoms with E-state index >= 15 is 0 Å². The molecular formula is C22H21N3O3S. The van der Waals surface area contributed by atoms with Gasteiger partial charge < -0.3 is 14.8 Å². The summed E-state index contributed by atoms with van der Waals surface area (Å²) >= 11 is 5.18. The molecule has 3 aromatic rings. The molecule has 0 bridgehead atoms. The fraction of sp³-hybridized carbons (Fsp3) is 0.136. The first-order valence-electron chi connectivity index (χ1n) is 9.09. The third-order valence-corrected chi connectivity index (χ3v) is 4.11. The molecule has 0 radical (unpaired) electrons. The van der Waals surface area contributed by atoms with Crippen LogP contribution in [0.4, 0.5) is 0 Å². The minimum atomic E-state index is -0.306. The van der Waals surface area contributed by atoms with Gasteiger partial charge in [-0.15, -0.1) is 0 Å². The van der Waals surface area contributed by atoms with Crippen molar-refractivity contribution < 1.29 is 14.3 Å². The van der Waals surface area contributed by atoms with Crippen LogP contribution in [0, 0.1) is 0 Å². The van der Waals surface area contributed by atoms with Crippen LogP contribution < -0.4 is 20.1 Å². The van der Waals surface area contributed by atoms with Crippen LogP contribution in [-0.4, -0.2) is 29.2 Å². The fourth-order valence-corrected chi connectivity index (χ4v) is 2.63. The molecule has 7 heteroatoms. The maximum atomic E-state index is 12.4. The van der Waals surface area contributed by atoms with Crippen molar-refractivity contribution in [2.24, 2.45) is 0 Å². The highest BCUT2D eigenvalue weighted by Gasteiger charge is 2.09. The van der Waals surface area contributed by atoms with Crippen LogP contribution in [-0.2, 0) is 6.54 Å². The van der Waals surface area contributed by atoms with Crippen molar-refractivity contribution in [2.75, 3.05) is 13.2 Å². The van der Waals surface area contributed by atoms with E-state index in [1.165, 1.54) is 0 Å². The molecule has 0 atom stereocenters. The summed E-state index contributed by atoms with van der Waals surface area (Å²) in [5, 5.41) is 5.90. The molecule has 1 heterocycles. The Balaban J connectivity index is 1.44. The molecule has 2 N–H and O–H groups in total. The molecule has 6 nitrogen and oxygen atoms in total. The van der Waals surface area contributed by atoms with Gasteiger partial charge in [-0.1, -0.05) is 30.3 Å². The quantitative estimate of drug-likeness (QED) is 0.441. The minimum Gasteiger partial charge on any atom is -0.490 e. The number of nitrogens with one attached hydrogen (secondary N) is 2. The van der Waals surface area contributed by atoms with Crippen LogP contribution in [0.3, 0.4) is 0 Å². The van der Waals surface area contributed by atoms with Gasteiger partial charge in [-0.2, -0.15) is 0 Å². The molecule has 0 saturated carbocycles. The summed E-state index contributed by atoms with van der Waals surface area (Å²) < 4.78 is 11.3. The number of nitrogens with zero attached hydrogens (tertiary/aromatic N) is 1. The van der Waals surface area contributed by atoms with E-state index in [4.69, 9.17) is 21.7 Å². The second-order valence-corrected chi connectivity index (χ2v) is 6.44. The molecule has 2 aromatic carbocycles.